The largest absolute Gasteiger partial charge is 0.496 e. The predicted molar refractivity (Wildman–Crippen MR) is 111 cm³/mol. The van der Waals surface area contributed by atoms with Crippen LogP contribution in [0.2, 0.25) is 0 Å². The van der Waals surface area contributed by atoms with Crippen LogP contribution in [0.5, 0.6) is 5.75 Å². The molecule has 6 heteroatoms. The normalized spacial score (nSPS) is 18.5. The highest BCUT2D eigenvalue weighted by molar-refractivity contribution is 7.89. The van der Waals surface area contributed by atoms with Crippen molar-refractivity contribution in [3.8, 4) is 5.75 Å². The van der Waals surface area contributed by atoms with Gasteiger partial charge in [0.2, 0.25) is 10.0 Å². The molecule has 1 atom stereocenters. The van der Waals surface area contributed by atoms with Crippen LogP contribution >= 0.6 is 0 Å². The van der Waals surface area contributed by atoms with Crippen LogP contribution in [0.25, 0.3) is 10.9 Å². The maximum atomic E-state index is 13.6. The first-order valence-electron chi connectivity index (χ1n) is 9.66. The first-order chi connectivity index (χ1) is 13.4. The second-order valence-corrected chi connectivity index (χ2v) is 9.39. The minimum atomic E-state index is -3.62. The number of methoxy groups -OCH3 is 1. The summed E-state index contributed by atoms with van der Waals surface area (Å²) in [6.07, 6.45) is 2.72. The van der Waals surface area contributed by atoms with Gasteiger partial charge in [0.15, 0.2) is 0 Å². The van der Waals surface area contributed by atoms with E-state index >= 15 is 0 Å². The number of rotatable bonds is 4. The number of H-pyrrole nitrogens is 1. The second kappa shape index (κ2) is 7.26. The Morgan fingerprint density at radius 1 is 1.07 bits per heavy atom. The molecule has 0 spiro atoms. The monoisotopic (exact) mass is 398 g/mol. The van der Waals surface area contributed by atoms with Gasteiger partial charge in [-0.2, -0.15) is 4.31 Å². The van der Waals surface area contributed by atoms with E-state index in [1.54, 1.807) is 17.5 Å². The van der Waals surface area contributed by atoms with E-state index in [0.29, 0.717) is 22.8 Å². The fraction of sp³-hybridized carbons (Fsp3) is 0.364. The Bertz CT molecular complexity index is 1090. The molecule has 0 aliphatic carbocycles. The van der Waals surface area contributed by atoms with E-state index in [-0.39, 0.29) is 6.04 Å². The zero-order valence-electron chi connectivity index (χ0n) is 16.5. The molecule has 4 rings (SSSR count). The second-order valence-electron chi connectivity index (χ2n) is 7.53. The lowest BCUT2D eigenvalue weighted by atomic mass is 10.0. The summed E-state index contributed by atoms with van der Waals surface area (Å²) in [5, 5.41) is 1.11. The lowest BCUT2D eigenvalue weighted by molar-refractivity contribution is 0.252. The van der Waals surface area contributed by atoms with Crippen LogP contribution in [-0.2, 0) is 10.0 Å². The molecule has 3 aromatic rings. The van der Waals surface area contributed by atoms with Gasteiger partial charge in [-0.15, -0.1) is 0 Å². The van der Waals surface area contributed by atoms with E-state index in [2.05, 4.69) is 11.1 Å². The van der Waals surface area contributed by atoms with E-state index in [9.17, 15) is 8.42 Å². The van der Waals surface area contributed by atoms with Crippen molar-refractivity contribution in [3.05, 3.63) is 59.3 Å². The van der Waals surface area contributed by atoms with Gasteiger partial charge in [0.25, 0.3) is 0 Å². The van der Waals surface area contributed by atoms with Crippen molar-refractivity contribution in [1.29, 1.82) is 0 Å². The number of aromatic amines is 1. The molecule has 5 nitrogen and oxygen atoms in total. The summed E-state index contributed by atoms with van der Waals surface area (Å²) in [4.78, 5) is 3.81. The standard InChI is InChI=1S/C22H26N2O3S/c1-15-13-22(16(2)12-21(15)27-3)28(25,26)24-11-7-6-10-20(24)19-14-17-8-4-5-9-18(17)23-19/h4-5,8-9,12-14,20,23H,6-7,10-11H2,1-3H3. The lowest BCUT2D eigenvalue weighted by Crippen LogP contribution is -2.39. The number of fused-ring (bicyclic) bond motifs is 1. The number of hydrogen-bond acceptors (Lipinski definition) is 3. The number of piperidine rings is 1. The average Bonchev–Trinajstić information content (AvgIpc) is 3.13. The van der Waals surface area contributed by atoms with E-state index in [4.69, 9.17) is 4.74 Å². The molecule has 1 aromatic heterocycles. The van der Waals surface area contributed by atoms with Crippen molar-refractivity contribution >= 4 is 20.9 Å². The molecule has 0 radical (unpaired) electrons. The third kappa shape index (κ3) is 3.20. The number of nitrogens with zero attached hydrogens (tertiary/aromatic N) is 1. The van der Waals surface area contributed by atoms with Crippen LogP contribution < -0.4 is 4.74 Å². The van der Waals surface area contributed by atoms with Crippen molar-refractivity contribution in [2.45, 2.75) is 44.0 Å². The molecule has 2 aromatic carbocycles. The minimum Gasteiger partial charge on any atom is -0.496 e. The molecular weight excluding hydrogens is 372 g/mol. The summed E-state index contributed by atoms with van der Waals surface area (Å²) in [6, 6.07) is 13.5. The Hall–Kier alpha value is -2.31. The van der Waals surface area contributed by atoms with Crippen molar-refractivity contribution in [2.75, 3.05) is 13.7 Å². The number of aromatic nitrogens is 1. The van der Waals surface area contributed by atoms with Crippen LogP contribution in [0, 0.1) is 13.8 Å². The van der Waals surface area contributed by atoms with Gasteiger partial charge in [0, 0.05) is 17.8 Å². The van der Waals surface area contributed by atoms with Crippen LogP contribution in [-0.4, -0.2) is 31.4 Å². The Labute approximate surface area is 166 Å². The molecule has 1 N–H and O–H groups in total. The summed E-state index contributed by atoms with van der Waals surface area (Å²) < 4.78 is 34.3. The average molecular weight is 399 g/mol. The summed E-state index contributed by atoms with van der Waals surface area (Å²) in [5.74, 6) is 0.710. The third-order valence-electron chi connectivity index (χ3n) is 5.64. The van der Waals surface area contributed by atoms with Crippen LogP contribution in [0.15, 0.2) is 47.4 Å². The molecule has 1 aliphatic heterocycles. The van der Waals surface area contributed by atoms with Crippen molar-refractivity contribution in [3.63, 3.8) is 0 Å². The Kier molecular flexibility index (Phi) is 4.93. The van der Waals surface area contributed by atoms with Crippen LogP contribution in [0.3, 0.4) is 0 Å². The molecule has 28 heavy (non-hydrogen) atoms. The molecule has 0 saturated carbocycles. The summed E-state index contributed by atoms with van der Waals surface area (Å²) in [5.41, 5.74) is 3.54. The SMILES string of the molecule is COc1cc(C)c(S(=O)(=O)N2CCCCC2c2cc3ccccc3[nH]2)cc1C. The van der Waals surface area contributed by atoms with Gasteiger partial charge in [-0.3, -0.25) is 0 Å². The molecule has 148 valence electrons. The Morgan fingerprint density at radius 2 is 1.86 bits per heavy atom. The summed E-state index contributed by atoms with van der Waals surface area (Å²) >= 11 is 0. The molecule has 0 amide bonds. The maximum Gasteiger partial charge on any atom is 0.243 e. The highest BCUT2D eigenvalue weighted by atomic mass is 32.2. The zero-order chi connectivity index (χ0) is 19.9. The number of benzene rings is 2. The quantitative estimate of drug-likeness (QED) is 0.692. The number of para-hydroxylation sites is 1. The van der Waals surface area contributed by atoms with E-state index < -0.39 is 10.0 Å². The Balaban J connectivity index is 1.77. The summed E-state index contributed by atoms with van der Waals surface area (Å²) in [7, 11) is -2.01. The minimum absolute atomic E-state index is 0.173. The van der Waals surface area contributed by atoms with E-state index in [1.807, 2.05) is 44.2 Å². The van der Waals surface area contributed by atoms with Crippen LogP contribution in [0.1, 0.15) is 42.1 Å². The molecular formula is C22H26N2O3S. The topological polar surface area (TPSA) is 62.4 Å². The molecule has 2 heterocycles. The number of hydrogen-bond donors (Lipinski definition) is 1. The molecule has 1 fully saturated rings. The zero-order valence-corrected chi connectivity index (χ0v) is 17.3. The highest BCUT2D eigenvalue weighted by Gasteiger charge is 2.36. The number of ether oxygens (including phenoxy) is 1. The first kappa shape index (κ1) is 19.0. The van der Waals surface area contributed by atoms with Gasteiger partial charge in [-0.1, -0.05) is 24.6 Å². The first-order valence-corrected chi connectivity index (χ1v) is 11.1. The van der Waals surface area contributed by atoms with Gasteiger partial charge < -0.3 is 9.72 Å². The molecule has 0 bridgehead atoms. The fourth-order valence-electron chi connectivity index (χ4n) is 4.17. The maximum absolute atomic E-state index is 13.6. The van der Waals surface area contributed by atoms with E-state index in [0.717, 1.165) is 41.4 Å². The van der Waals surface area contributed by atoms with Crippen LogP contribution in [0.4, 0.5) is 0 Å². The van der Waals surface area contributed by atoms with Gasteiger partial charge in [0.1, 0.15) is 5.75 Å². The van der Waals surface area contributed by atoms with E-state index in [1.165, 1.54) is 0 Å². The Morgan fingerprint density at radius 3 is 2.61 bits per heavy atom. The smallest absolute Gasteiger partial charge is 0.243 e. The molecule has 1 saturated heterocycles. The van der Waals surface area contributed by atoms with Crippen molar-refractivity contribution in [1.82, 2.24) is 9.29 Å². The lowest BCUT2D eigenvalue weighted by Gasteiger charge is -2.34. The number of aryl methyl sites for hydroxylation is 2. The summed E-state index contributed by atoms with van der Waals surface area (Å²) in [6.45, 7) is 4.24. The third-order valence-corrected chi connectivity index (χ3v) is 7.69. The van der Waals surface area contributed by atoms with Gasteiger partial charge in [-0.05, 0) is 67.5 Å². The number of sulfonamides is 1. The van der Waals surface area contributed by atoms with Gasteiger partial charge in [0.05, 0.1) is 18.0 Å². The predicted octanol–water partition coefficient (Wildman–Crippen LogP) is 4.71. The number of nitrogens with one attached hydrogen (secondary N) is 1. The fourth-order valence-corrected chi connectivity index (χ4v) is 6.13. The molecule has 1 unspecified atom stereocenters. The molecule has 1 aliphatic rings. The van der Waals surface area contributed by atoms with Gasteiger partial charge in [-0.25, -0.2) is 8.42 Å². The van der Waals surface area contributed by atoms with Crippen molar-refractivity contribution < 1.29 is 13.2 Å². The van der Waals surface area contributed by atoms with Crippen molar-refractivity contribution in [2.24, 2.45) is 0 Å². The van der Waals surface area contributed by atoms with Gasteiger partial charge >= 0.3 is 0 Å². The highest BCUT2D eigenvalue weighted by Crippen LogP contribution is 2.38.